The van der Waals surface area contributed by atoms with Crippen LogP contribution in [0.3, 0.4) is 0 Å². The molecule has 5 aromatic rings. The van der Waals surface area contributed by atoms with Crippen LogP contribution in [0.4, 0.5) is 0 Å². The molecule has 0 fully saturated rings. The molecular formula is C24H14O5. The van der Waals surface area contributed by atoms with Crippen LogP contribution in [0.5, 0.6) is 5.75 Å². The zero-order valence-electron chi connectivity index (χ0n) is 15.1. The molecule has 0 saturated heterocycles. The topological polar surface area (TPSA) is 80.7 Å². The monoisotopic (exact) mass is 382 g/mol. The first-order valence-electron chi connectivity index (χ1n) is 8.99. The van der Waals surface area contributed by atoms with Gasteiger partial charge in [0.1, 0.15) is 40.2 Å². The van der Waals surface area contributed by atoms with Gasteiger partial charge in [0.15, 0.2) is 0 Å². The van der Waals surface area contributed by atoms with E-state index in [9.17, 15) is 14.7 Å². The molecule has 0 spiro atoms. The van der Waals surface area contributed by atoms with Crippen molar-refractivity contribution in [1.29, 1.82) is 0 Å². The standard InChI is InChI=1S/C24H14O5/c25-22-16(14-7-3-1-4-8-14)12-28-18-11-19-21(24(27)20(18)22)23(26)17(13-29-19)15-9-5-2-6-10-15/h1-13,27H. The molecular weight excluding hydrogens is 368 g/mol. The molecule has 140 valence electrons. The first kappa shape index (κ1) is 17.0. The quantitative estimate of drug-likeness (QED) is 0.438. The van der Waals surface area contributed by atoms with Crippen LogP contribution in [-0.4, -0.2) is 5.11 Å². The second-order valence-electron chi connectivity index (χ2n) is 6.66. The molecule has 0 saturated carbocycles. The summed E-state index contributed by atoms with van der Waals surface area (Å²) in [6.07, 6.45) is 2.70. The van der Waals surface area contributed by atoms with Crippen LogP contribution in [0.2, 0.25) is 0 Å². The van der Waals surface area contributed by atoms with E-state index < -0.39 is 16.6 Å². The predicted octanol–water partition coefficient (Wildman–Crippen LogP) is 4.94. The molecule has 0 atom stereocenters. The van der Waals surface area contributed by atoms with Gasteiger partial charge in [-0.15, -0.1) is 0 Å². The summed E-state index contributed by atoms with van der Waals surface area (Å²) >= 11 is 0. The number of fused-ring (bicyclic) bond motifs is 2. The molecule has 0 bridgehead atoms. The highest BCUT2D eigenvalue weighted by molar-refractivity contribution is 6.02. The van der Waals surface area contributed by atoms with Crippen molar-refractivity contribution in [3.8, 4) is 28.0 Å². The summed E-state index contributed by atoms with van der Waals surface area (Å²) in [4.78, 5) is 26.2. The largest absolute Gasteiger partial charge is 0.506 e. The van der Waals surface area contributed by atoms with Gasteiger partial charge >= 0.3 is 0 Å². The van der Waals surface area contributed by atoms with Crippen molar-refractivity contribution in [2.24, 2.45) is 0 Å². The Labute approximate surface area is 164 Å². The Bertz CT molecular complexity index is 1370. The number of hydrogen-bond acceptors (Lipinski definition) is 5. The Balaban J connectivity index is 1.86. The highest BCUT2D eigenvalue weighted by atomic mass is 16.3. The molecule has 0 amide bonds. The van der Waals surface area contributed by atoms with Gasteiger partial charge in [0.05, 0.1) is 11.1 Å². The number of aromatic hydroxyl groups is 1. The van der Waals surface area contributed by atoms with E-state index in [1.54, 1.807) is 48.5 Å². The van der Waals surface area contributed by atoms with Gasteiger partial charge in [-0.25, -0.2) is 0 Å². The van der Waals surface area contributed by atoms with E-state index >= 15 is 0 Å². The minimum atomic E-state index is -0.435. The normalized spacial score (nSPS) is 11.2. The highest BCUT2D eigenvalue weighted by Gasteiger charge is 2.20. The van der Waals surface area contributed by atoms with Crippen LogP contribution in [0, 0.1) is 0 Å². The van der Waals surface area contributed by atoms with E-state index in [0.29, 0.717) is 22.3 Å². The molecule has 5 rings (SSSR count). The summed E-state index contributed by atoms with van der Waals surface area (Å²) in [5.74, 6) is -0.435. The molecule has 0 aliphatic carbocycles. The van der Waals surface area contributed by atoms with Crippen LogP contribution in [0.15, 0.2) is 97.7 Å². The smallest absolute Gasteiger partial charge is 0.204 e. The Morgan fingerprint density at radius 2 is 1.03 bits per heavy atom. The lowest BCUT2D eigenvalue weighted by molar-refractivity contribution is 0.483. The van der Waals surface area contributed by atoms with E-state index in [-0.39, 0.29) is 21.9 Å². The van der Waals surface area contributed by atoms with Crippen molar-refractivity contribution < 1.29 is 13.9 Å². The van der Waals surface area contributed by atoms with Crippen molar-refractivity contribution in [3.63, 3.8) is 0 Å². The maximum absolute atomic E-state index is 13.1. The summed E-state index contributed by atoms with van der Waals surface area (Å²) < 4.78 is 11.2. The minimum Gasteiger partial charge on any atom is -0.506 e. The molecule has 5 heteroatoms. The second-order valence-corrected chi connectivity index (χ2v) is 6.66. The van der Waals surface area contributed by atoms with Gasteiger partial charge in [-0.05, 0) is 11.1 Å². The zero-order chi connectivity index (χ0) is 20.0. The molecule has 2 heterocycles. The lowest BCUT2D eigenvalue weighted by atomic mass is 10.0. The van der Waals surface area contributed by atoms with Gasteiger partial charge in [-0.1, -0.05) is 60.7 Å². The van der Waals surface area contributed by atoms with E-state index in [2.05, 4.69) is 0 Å². The molecule has 3 aromatic carbocycles. The fourth-order valence-corrected chi connectivity index (χ4v) is 3.50. The van der Waals surface area contributed by atoms with Crippen LogP contribution in [-0.2, 0) is 0 Å². The lowest BCUT2D eigenvalue weighted by Crippen LogP contribution is -2.09. The predicted molar refractivity (Wildman–Crippen MR) is 111 cm³/mol. The fourth-order valence-electron chi connectivity index (χ4n) is 3.50. The number of phenols is 1. The van der Waals surface area contributed by atoms with Crippen molar-refractivity contribution in [1.82, 2.24) is 0 Å². The summed E-state index contributed by atoms with van der Waals surface area (Å²) in [5, 5.41) is 10.8. The van der Waals surface area contributed by atoms with Gasteiger partial charge < -0.3 is 13.9 Å². The van der Waals surface area contributed by atoms with Crippen molar-refractivity contribution >= 4 is 21.9 Å². The number of benzene rings is 3. The van der Waals surface area contributed by atoms with Crippen LogP contribution >= 0.6 is 0 Å². The summed E-state index contributed by atoms with van der Waals surface area (Å²) in [6.45, 7) is 0. The third kappa shape index (κ3) is 2.63. The molecule has 1 N–H and O–H groups in total. The minimum absolute atomic E-state index is 0.0450. The van der Waals surface area contributed by atoms with E-state index in [4.69, 9.17) is 8.83 Å². The van der Waals surface area contributed by atoms with Crippen LogP contribution in [0.25, 0.3) is 44.2 Å². The molecule has 5 nitrogen and oxygen atoms in total. The third-order valence-electron chi connectivity index (χ3n) is 4.95. The number of rotatable bonds is 2. The Morgan fingerprint density at radius 1 is 0.621 bits per heavy atom. The molecule has 0 aliphatic rings. The molecule has 2 aromatic heterocycles. The van der Waals surface area contributed by atoms with Crippen molar-refractivity contribution in [2.45, 2.75) is 0 Å². The van der Waals surface area contributed by atoms with Crippen molar-refractivity contribution in [2.75, 3.05) is 0 Å². The van der Waals surface area contributed by atoms with Gasteiger partial charge in [0, 0.05) is 6.07 Å². The first-order valence-corrected chi connectivity index (χ1v) is 8.99. The first-order chi connectivity index (χ1) is 14.1. The molecule has 0 radical (unpaired) electrons. The maximum Gasteiger partial charge on any atom is 0.204 e. The van der Waals surface area contributed by atoms with Gasteiger partial charge in [0.25, 0.3) is 0 Å². The van der Waals surface area contributed by atoms with Crippen LogP contribution in [0.1, 0.15) is 0 Å². The van der Waals surface area contributed by atoms with Gasteiger partial charge in [-0.2, -0.15) is 0 Å². The Hall–Kier alpha value is -4.12. The Morgan fingerprint density at radius 3 is 1.45 bits per heavy atom. The molecule has 0 aliphatic heterocycles. The average Bonchev–Trinajstić information content (AvgIpc) is 2.75. The van der Waals surface area contributed by atoms with Gasteiger partial charge in [0.2, 0.25) is 10.9 Å². The third-order valence-corrected chi connectivity index (χ3v) is 4.95. The van der Waals surface area contributed by atoms with E-state index in [0.717, 1.165) is 0 Å². The SMILES string of the molecule is O=c1c(-c2ccccc2)coc2cc3occ(-c4ccccc4)c(=O)c3c(O)c12. The number of hydrogen-bond donors (Lipinski definition) is 1. The van der Waals surface area contributed by atoms with Crippen LogP contribution < -0.4 is 10.9 Å². The van der Waals surface area contributed by atoms with Crippen molar-refractivity contribution in [3.05, 3.63) is 99.7 Å². The number of phenolic OH excluding ortho intramolecular Hbond substituents is 1. The fraction of sp³-hybridized carbons (Fsp3) is 0. The summed E-state index contributed by atoms with van der Waals surface area (Å²) in [7, 11) is 0. The van der Waals surface area contributed by atoms with E-state index in [1.165, 1.54) is 18.6 Å². The molecule has 29 heavy (non-hydrogen) atoms. The summed E-state index contributed by atoms with van der Waals surface area (Å²) in [5.41, 5.74) is 1.39. The second kappa shape index (κ2) is 6.49. The Kier molecular flexibility index (Phi) is 3.81. The zero-order valence-corrected chi connectivity index (χ0v) is 15.1. The highest BCUT2D eigenvalue weighted by Crippen LogP contribution is 2.33. The molecule has 0 unspecified atom stereocenters. The van der Waals surface area contributed by atoms with E-state index in [1.807, 2.05) is 12.1 Å². The summed E-state index contributed by atoms with van der Waals surface area (Å²) in [6, 6.07) is 19.5. The average molecular weight is 382 g/mol. The van der Waals surface area contributed by atoms with Gasteiger partial charge in [-0.3, -0.25) is 9.59 Å². The lowest BCUT2D eigenvalue weighted by Gasteiger charge is -2.08. The maximum atomic E-state index is 13.1.